The summed E-state index contributed by atoms with van der Waals surface area (Å²) in [5.74, 6) is 0.380. The van der Waals surface area contributed by atoms with Crippen LogP contribution in [0.25, 0.3) is 67.4 Å². The minimum Gasteiger partial charge on any atom is -0.454 e. The summed E-state index contributed by atoms with van der Waals surface area (Å²) in [4.78, 5) is 3.95. The second kappa shape index (κ2) is 12.7. The van der Waals surface area contributed by atoms with Gasteiger partial charge in [0.25, 0.3) is 0 Å². The van der Waals surface area contributed by atoms with Gasteiger partial charge in [0.05, 0.1) is 22.4 Å². The van der Waals surface area contributed by atoms with Crippen LogP contribution in [0.4, 0.5) is 5.69 Å². The highest BCUT2D eigenvalue weighted by molar-refractivity contribution is 8.00. The Hall–Kier alpha value is -6.23. The molecule has 0 N–H and O–H groups in total. The van der Waals surface area contributed by atoms with E-state index in [0.717, 1.165) is 36.7 Å². The quantitative estimate of drug-likeness (QED) is 0.175. The summed E-state index contributed by atoms with van der Waals surface area (Å²) in [5.41, 5.74) is 16.0. The third-order valence-electron chi connectivity index (χ3n) is 12.3. The molecular formula is C52H38N2OS. The summed E-state index contributed by atoms with van der Waals surface area (Å²) >= 11 is 1.99. The van der Waals surface area contributed by atoms with Gasteiger partial charge in [0.2, 0.25) is 0 Å². The zero-order valence-corrected chi connectivity index (χ0v) is 31.7. The highest BCUT2D eigenvalue weighted by Gasteiger charge is 2.35. The molecule has 0 bridgehead atoms. The van der Waals surface area contributed by atoms with Crippen molar-refractivity contribution in [3.05, 3.63) is 191 Å². The summed E-state index contributed by atoms with van der Waals surface area (Å²) in [7, 11) is 0. The molecule has 8 aromatic rings. The van der Waals surface area contributed by atoms with E-state index < -0.39 is 0 Å². The number of rotatable bonds is 5. The van der Waals surface area contributed by atoms with Crippen molar-refractivity contribution in [2.45, 2.75) is 41.7 Å². The Morgan fingerprint density at radius 1 is 0.696 bits per heavy atom. The van der Waals surface area contributed by atoms with Crippen molar-refractivity contribution in [1.82, 2.24) is 4.57 Å². The van der Waals surface area contributed by atoms with Gasteiger partial charge in [-0.1, -0.05) is 115 Å². The molecule has 0 fully saturated rings. The number of aromatic nitrogens is 1. The van der Waals surface area contributed by atoms with Gasteiger partial charge in [-0.15, -0.1) is 11.8 Å². The number of hydrogen-bond acceptors (Lipinski definition) is 3. The van der Waals surface area contributed by atoms with Crippen molar-refractivity contribution in [3.63, 3.8) is 0 Å². The van der Waals surface area contributed by atoms with Gasteiger partial charge in [0.15, 0.2) is 5.42 Å². The molecule has 0 radical (unpaired) electrons. The zero-order valence-electron chi connectivity index (χ0n) is 30.9. The topological polar surface area (TPSA) is 21.3 Å². The van der Waals surface area contributed by atoms with Crippen LogP contribution in [0.1, 0.15) is 41.9 Å². The highest BCUT2D eigenvalue weighted by atomic mass is 32.2. The Morgan fingerprint density at radius 2 is 1.52 bits per heavy atom. The Labute approximate surface area is 329 Å². The van der Waals surface area contributed by atoms with Gasteiger partial charge in [-0.2, -0.15) is 0 Å². The van der Waals surface area contributed by atoms with Crippen LogP contribution in [0, 0.1) is 0 Å². The fourth-order valence-corrected chi connectivity index (χ4v) is 11.2. The fourth-order valence-electron chi connectivity index (χ4n) is 9.78. The molecule has 4 heteroatoms. The van der Waals surface area contributed by atoms with Crippen molar-refractivity contribution in [1.29, 1.82) is 0 Å². The third-order valence-corrected chi connectivity index (χ3v) is 13.6. The predicted octanol–water partition coefficient (Wildman–Crippen LogP) is 12.1. The van der Waals surface area contributed by atoms with Crippen molar-refractivity contribution in [2.24, 2.45) is 0 Å². The van der Waals surface area contributed by atoms with Crippen molar-refractivity contribution in [2.75, 3.05) is 4.90 Å². The number of hydrogen-bond donors (Lipinski definition) is 0. The molecule has 0 spiro atoms. The second-order valence-corrected chi connectivity index (χ2v) is 16.6. The van der Waals surface area contributed by atoms with Gasteiger partial charge in [-0.3, -0.25) is 0 Å². The molecule has 6 aromatic carbocycles. The molecule has 2 atom stereocenters. The van der Waals surface area contributed by atoms with E-state index in [1.54, 1.807) is 0 Å². The molecular weight excluding hydrogens is 701 g/mol. The molecule has 0 amide bonds. The number of furan rings is 1. The average Bonchev–Trinajstić information content (AvgIpc) is 3.93. The normalized spacial score (nSPS) is 18.1. The van der Waals surface area contributed by atoms with E-state index in [1.807, 2.05) is 11.8 Å². The maximum atomic E-state index is 6.80. The number of nitrogens with zero attached hydrogens (tertiary/aromatic N) is 2. The first-order valence-electron chi connectivity index (χ1n) is 19.9. The van der Waals surface area contributed by atoms with Crippen molar-refractivity contribution in [3.8, 4) is 16.8 Å². The SMILES string of the molecule is C1=Cc2c(N(C3=CC4Sc5ccccc5C4C=C3)C3=c4oc5ccccc5c4=CCC3)ccc(-c3ccc4c5ccccc5n(-c5ccccc5)c4c3)c2CC1. The maximum absolute atomic E-state index is 6.80. The molecule has 3 nitrogen and oxygen atoms in total. The zero-order chi connectivity index (χ0) is 36.7. The third kappa shape index (κ3) is 4.85. The molecule has 56 heavy (non-hydrogen) atoms. The lowest BCUT2D eigenvalue weighted by atomic mass is 9.86. The predicted molar refractivity (Wildman–Crippen MR) is 235 cm³/mol. The van der Waals surface area contributed by atoms with Gasteiger partial charge in [-0.25, -0.2) is 0 Å². The van der Waals surface area contributed by atoms with Crippen LogP contribution >= 0.6 is 11.8 Å². The summed E-state index contributed by atoms with van der Waals surface area (Å²) in [5, 5.41) is 5.30. The van der Waals surface area contributed by atoms with Crippen LogP contribution in [0.15, 0.2) is 173 Å². The Bertz CT molecular complexity index is 3140. The molecule has 0 saturated heterocycles. The number of fused-ring (bicyclic) bond motifs is 10. The van der Waals surface area contributed by atoms with Gasteiger partial charge in [0.1, 0.15) is 5.58 Å². The maximum Gasteiger partial charge on any atom is 0.154 e. The molecule has 12 rings (SSSR count). The van der Waals surface area contributed by atoms with E-state index in [2.05, 4.69) is 179 Å². The second-order valence-electron chi connectivity index (χ2n) is 15.3. The standard InChI is InChI=1S/C52H38N2OS/c1-2-13-34(14-3-1)53-45-21-9-6-17-39(45)40-27-25-33(31-48(40)53)36-29-30-46(38-16-5-4-15-37(36)38)54(35-26-28-43-42-19-8-11-24-50(42)56-51(43)32-35)47-22-12-20-44-41-18-7-10-23-49(41)55-52(44)47/h1-3,5-11,13-14,16-21,23-32,43,51H,4,12,15,22H2. The van der Waals surface area contributed by atoms with Gasteiger partial charge >= 0.3 is 0 Å². The molecule has 1 aliphatic heterocycles. The van der Waals surface area contributed by atoms with E-state index in [1.165, 1.54) is 87.9 Å². The Balaban J connectivity index is 1.07. The van der Waals surface area contributed by atoms with Crippen LogP contribution in [-0.4, -0.2) is 9.82 Å². The van der Waals surface area contributed by atoms with E-state index >= 15 is 0 Å². The number of para-hydroxylation sites is 3. The monoisotopic (exact) mass is 738 g/mol. The summed E-state index contributed by atoms with van der Waals surface area (Å²) in [6.45, 7) is 0. The molecule has 3 aliphatic carbocycles. The molecule has 2 unspecified atom stereocenters. The van der Waals surface area contributed by atoms with Gasteiger partial charge in [-0.05, 0) is 103 Å². The minimum absolute atomic E-state index is 0.342. The number of allylic oxidation sites excluding steroid dienone is 3. The first-order chi connectivity index (χ1) is 27.8. The fraction of sp³-hybridized carbons (Fsp3) is 0.115. The largest absolute Gasteiger partial charge is 0.454 e. The lowest BCUT2D eigenvalue weighted by Crippen LogP contribution is -2.35. The molecule has 3 heterocycles. The van der Waals surface area contributed by atoms with Gasteiger partial charge in [0, 0.05) is 54.4 Å². The van der Waals surface area contributed by atoms with Crippen molar-refractivity contribution >= 4 is 68.1 Å². The van der Waals surface area contributed by atoms with E-state index in [0.29, 0.717) is 11.2 Å². The number of anilines is 1. The lowest BCUT2D eigenvalue weighted by molar-refractivity contribution is 0.565. The van der Waals surface area contributed by atoms with Crippen LogP contribution in [0.2, 0.25) is 0 Å². The summed E-state index contributed by atoms with van der Waals surface area (Å²) in [6, 6.07) is 48.8. The Kier molecular flexibility index (Phi) is 7.25. The lowest BCUT2D eigenvalue weighted by Gasteiger charge is -2.34. The van der Waals surface area contributed by atoms with E-state index in [9.17, 15) is 0 Å². The van der Waals surface area contributed by atoms with Crippen LogP contribution < -0.4 is 15.5 Å². The first-order valence-corrected chi connectivity index (χ1v) is 20.7. The number of thioether (sulfide) groups is 1. The first kappa shape index (κ1) is 32.1. The number of benzene rings is 6. The van der Waals surface area contributed by atoms with Crippen LogP contribution in [0.3, 0.4) is 0 Å². The van der Waals surface area contributed by atoms with Crippen LogP contribution in [0.5, 0.6) is 0 Å². The average molecular weight is 739 g/mol. The van der Waals surface area contributed by atoms with Crippen molar-refractivity contribution < 1.29 is 4.42 Å². The molecule has 268 valence electrons. The minimum atomic E-state index is 0.342. The van der Waals surface area contributed by atoms with Gasteiger partial charge < -0.3 is 13.9 Å². The van der Waals surface area contributed by atoms with Crippen LogP contribution in [-0.2, 0) is 6.42 Å². The molecule has 4 aliphatic rings. The summed E-state index contributed by atoms with van der Waals surface area (Å²) < 4.78 is 9.22. The summed E-state index contributed by atoms with van der Waals surface area (Å²) in [6.07, 6.45) is 18.3. The van der Waals surface area contributed by atoms with E-state index in [4.69, 9.17) is 4.42 Å². The molecule has 2 aromatic heterocycles. The highest BCUT2D eigenvalue weighted by Crippen LogP contribution is 2.50. The smallest absolute Gasteiger partial charge is 0.154 e. The Morgan fingerprint density at radius 3 is 2.46 bits per heavy atom. The van der Waals surface area contributed by atoms with E-state index in [-0.39, 0.29) is 0 Å². The molecule has 0 saturated carbocycles.